The second kappa shape index (κ2) is 15.9. The summed E-state index contributed by atoms with van der Waals surface area (Å²) in [5, 5.41) is 0. The molecule has 10 nitrogen and oxygen atoms in total. The summed E-state index contributed by atoms with van der Waals surface area (Å²) < 4.78 is 75.0. The molecule has 0 heterocycles. The Kier molecular flexibility index (Phi) is 19.4. The van der Waals surface area contributed by atoms with Crippen LogP contribution in [-0.4, -0.2) is 51.7 Å². The molecule has 0 saturated heterocycles. The molecule has 0 aliphatic rings. The summed E-state index contributed by atoms with van der Waals surface area (Å²) in [5.41, 5.74) is 0. The molecule has 0 aromatic heterocycles. The molecule has 0 aromatic carbocycles. The van der Waals surface area contributed by atoms with Gasteiger partial charge in [-0.25, -0.2) is 16.7 Å². The van der Waals surface area contributed by atoms with E-state index in [1.54, 1.807) is 27.7 Å². The molecular formula is C8H20O10S3. The Morgan fingerprint density at radius 1 is 0.619 bits per heavy atom. The summed E-state index contributed by atoms with van der Waals surface area (Å²) >= 11 is -0.750. The van der Waals surface area contributed by atoms with Crippen molar-refractivity contribution in [2.45, 2.75) is 27.7 Å². The van der Waals surface area contributed by atoms with Gasteiger partial charge in [0.1, 0.15) is 0 Å². The van der Waals surface area contributed by atoms with Crippen molar-refractivity contribution in [1.82, 2.24) is 0 Å². The van der Waals surface area contributed by atoms with Gasteiger partial charge >= 0.3 is 32.4 Å². The number of hydrogen-bond acceptors (Lipinski definition) is 10. The third-order valence-corrected chi connectivity index (χ3v) is 3.15. The Balaban J connectivity index is -0.000000260. The first-order valence-electron chi connectivity index (χ1n) is 5.65. The zero-order valence-electron chi connectivity index (χ0n) is 12.1. The van der Waals surface area contributed by atoms with Crippen LogP contribution in [0.25, 0.3) is 0 Å². The van der Waals surface area contributed by atoms with Crippen molar-refractivity contribution in [2.75, 3.05) is 26.4 Å². The highest BCUT2D eigenvalue weighted by atomic mass is 32.3. The lowest BCUT2D eigenvalue weighted by atomic mass is 10.9. The highest BCUT2D eigenvalue weighted by molar-refractivity contribution is 7.82. The molecule has 0 amide bonds. The van der Waals surface area contributed by atoms with Gasteiger partial charge in [0.15, 0.2) is 0 Å². The molecule has 0 aromatic rings. The smallest absolute Gasteiger partial charge is 0.248 e. The molecule has 0 unspecified atom stereocenters. The Morgan fingerprint density at radius 3 is 0.857 bits per heavy atom. The fourth-order valence-corrected chi connectivity index (χ4v) is 1.94. The first-order chi connectivity index (χ1) is 9.66. The minimum atomic E-state index is -3.68. The summed E-state index contributed by atoms with van der Waals surface area (Å²) in [7, 11) is -7.36. The summed E-state index contributed by atoms with van der Waals surface area (Å²) in [6.07, 6.45) is 0. The second-order valence-corrected chi connectivity index (χ2v) is 5.22. The van der Waals surface area contributed by atoms with Gasteiger partial charge in [0.25, 0.3) is 0 Å². The normalized spacial score (nSPS) is 10.7. The highest BCUT2D eigenvalue weighted by Gasteiger charge is 2.07. The van der Waals surface area contributed by atoms with E-state index in [0.717, 1.165) is 0 Å². The fourth-order valence-electron chi connectivity index (χ4n) is 0.645. The molecule has 21 heavy (non-hydrogen) atoms. The van der Waals surface area contributed by atoms with Crippen LogP contribution in [0.15, 0.2) is 0 Å². The lowest BCUT2D eigenvalue weighted by Crippen LogP contribution is -2.09. The van der Waals surface area contributed by atoms with Crippen LogP contribution in [0, 0.1) is 0 Å². The van der Waals surface area contributed by atoms with Crippen LogP contribution in [0.4, 0.5) is 0 Å². The molecule has 0 aliphatic carbocycles. The van der Waals surface area contributed by atoms with Gasteiger partial charge in [-0.2, -0.15) is 25.3 Å². The summed E-state index contributed by atoms with van der Waals surface area (Å²) in [6.45, 7) is 6.77. The van der Waals surface area contributed by atoms with Crippen molar-refractivity contribution in [3.05, 3.63) is 0 Å². The summed E-state index contributed by atoms with van der Waals surface area (Å²) in [6, 6.07) is 0. The van der Waals surface area contributed by atoms with E-state index in [4.69, 9.17) is 8.42 Å². The maximum absolute atomic E-state index is 10.4. The van der Waals surface area contributed by atoms with E-state index in [2.05, 4.69) is 16.7 Å². The van der Waals surface area contributed by atoms with E-state index in [-0.39, 0.29) is 26.4 Å². The zero-order chi connectivity index (χ0) is 17.4. The lowest BCUT2D eigenvalue weighted by Gasteiger charge is -1.99. The summed E-state index contributed by atoms with van der Waals surface area (Å²) in [5.74, 6) is 0. The average Bonchev–Trinajstić information content (AvgIpc) is 2.30. The minimum absolute atomic E-state index is 0.113. The predicted molar refractivity (Wildman–Crippen MR) is 73.3 cm³/mol. The number of hydrogen-bond donors (Lipinski definition) is 0. The quantitative estimate of drug-likeness (QED) is 0.569. The van der Waals surface area contributed by atoms with Crippen LogP contribution in [0.5, 0.6) is 0 Å². The summed E-state index contributed by atoms with van der Waals surface area (Å²) in [4.78, 5) is 0. The molecule has 0 radical (unpaired) electrons. The van der Waals surface area contributed by atoms with Crippen LogP contribution in [0.1, 0.15) is 27.7 Å². The first-order valence-corrected chi connectivity index (χ1v) is 8.98. The molecular weight excluding hydrogens is 352 g/mol. The predicted octanol–water partition coefficient (Wildman–Crippen LogP) is -0.0618. The maximum atomic E-state index is 10.4. The molecule has 0 bridgehead atoms. The van der Waals surface area contributed by atoms with Crippen molar-refractivity contribution in [2.24, 2.45) is 0 Å². The van der Waals surface area contributed by atoms with Crippen molar-refractivity contribution in [1.29, 1.82) is 0 Å². The van der Waals surface area contributed by atoms with Gasteiger partial charge in [-0.15, -0.1) is 0 Å². The Hall–Kier alpha value is -0.440. The largest absolute Gasteiger partial charge is 0.399 e. The molecule has 130 valence electrons. The Morgan fingerprint density at radius 2 is 0.762 bits per heavy atom. The van der Waals surface area contributed by atoms with E-state index in [0.29, 0.717) is 0 Å². The van der Waals surface area contributed by atoms with Crippen molar-refractivity contribution in [3.63, 3.8) is 0 Å². The van der Waals surface area contributed by atoms with Gasteiger partial charge in [0.05, 0.1) is 26.4 Å². The Bertz CT molecular complexity index is 387. The highest BCUT2D eigenvalue weighted by Crippen LogP contribution is 1.93. The van der Waals surface area contributed by atoms with E-state index >= 15 is 0 Å². The molecule has 0 fully saturated rings. The standard InChI is InChI=1S/2C4H10O4S.O2S/c2*1-3-7-9(5,6)8-4-2;1-3-2/h2*3-4H2,1-2H3;. The molecule has 13 heteroatoms. The van der Waals surface area contributed by atoms with Gasteiger partial charge in [-0.1, -0.05) is 0 Å². The Labute approximate surface area is 129 Å². The molecule has 0 saturated carbocycles. The lowest BCUT2D eigenvalue weighted by molar-refractivity contribution is 0.229. The van der Waals surface area contributed by atoms with Gasteiger partial charge in [-0.3, -0.25) is 0 Å². The van der Waals surface area contributed by atoms with Gasteiger partial charge in [0.2, 0.25) is 0 Å². The molecule has 0 spiro atoms. The fraction of sp³-hybridized carbons (Fsp3) is 1.00. The van der Waals surface area contributed by atoms with Crippen LogP contribution < -0.4 is 0 Å². The molecule has 0 aliphatic heterocycles. The van der Waals surface area contributed by atoms with Gasteiger partial charge in [0, 0.05) is 0 Å². The van der Waals surface area contributed by atoms with Crippen molar-refractivity contribution in [3.8, 4) is 0 Å². The van der Waals surface area contributed by atoms with Crippen LogP contribution in [-0.2, 0) is 49.1 Å². The van der Waals surface area contributed by atoms with Gasteiger partial charge < -0.3 is 0 Å². The SMILES string of the molecule is CCOS(=O)(=O)OCC.CCOS(=O)(=O)OCC.O=S=O. The number of rotatable bonds is 8. The third kappa shape index (κ3) is 24.9. The molecule has 0 atom stereocenters. The van der Waals surface area contributed by atoms with E-state index in [1.807, 2.05) is 0 Å². The van der Waals surface area contributed by atoms with E-state index in [1.165, 1.54) is 0 Å². The monoisotopic (exact) mass is 372 g/mol. The first kappa shape index (κ1) is 25.5. The maximum Gasteiger partial charge on any atom is 0.399 e. The topological polar surface area (TPSA) is 139 Å². The van der Waals surface area contributed by atoms with Gasteiger partial charge in [-0.05, 0) is 27.7 Å². The van der Waals surface area contributed by atoms with Crippen molar-refractivity contribution < 1.29 is 42.0 Å². The van der Waals surface area contributed by atoms with Crippen LogP contribution in [0.2, 0.25) is 0 Å². The average molecular weight is 372 g/mol. The second-order valence-electron chi connectivity index (χ2n) is 2.51. The van der Waals surface area contributed by atoms with E-state index in [9.17, 15) is 16.8 Å². The molecule has 0 rings (SSSR count). The minimum Gasteiger partial charge on any atom is -0.248 e. The molecule has 0 N–H and O–H groups in total. The third-order valence-electron chi connectivity index (χ3n) is 1.05. The van der Waals surface area contributed by atoms with Crippen molar-refractivity contribution >= 4 is 32.4 Å². The van der Waals surface area contributed by atoms with E-state index < -0.39 is 32.4 Å². The van der Waals surface area contributed by atoms with Crippen LogP contribution in [0.3, 0.4) is 0 Å². The van der Waals surface area contributed by atoms with Crippen LogP contribution >= 0.6 is 0 Å². The zero-order valence-corrected chi connectivity index (χ0v) is 14.6.